The monoisotopic (exact) mass is 247 g/mol. The van der Waals surface area contributed by atoms with E-state index in [0.717, 1.165) is 24.3 Å². The molecular weight excluding hydrogens is 229 g/mol. The van der Waals surface area contributed by atoms with E-state index in [1.165, 1.54) is 11.6 Å². The zero-order valence-corrected chi connectivity index (χ0v) is 10.8. The first-order chi connectivity index (χ1) is 8.69. The van der Waals surface area contributed by atoms with Crippen LogP contribution in [-0.4, -0.2) is 16.3 Å². The van der Waals surface area contributed by atoms with Gasteiger partial charge in [-0.2, -0.15) is 5.10 Å². The number of aromatic nitrogens is 2. The average molecular weight is 247 g/mol. The molecule has 0 atom stereocenters. The lowest BCUT2D eigenvalue weighted by molar-refractivity contribution is 0.618. The van der Waals surface area contributed by atoms with E-state index in [9.17, 15) is 4.39 Å². The smallest absolute Gasteiger partial charge is 0.123 e. The molecule has 1 aromatic heterocycles. The van der Waals surface area contributed by atoms with E-state index in [2.05, 4.69) is 17.3 Å². The summed E-state index contributed by atoms with van der Waals surface area (Å²) in [4.78, 5) is 0. The molecule has 96 valence electrons. The number of nitrogens with one attached hydrogen (secondary N) is 1. The standard InChI is InChI=1S/C14H18FN3/c1-3-16-8-13-10-18(17-11(13)2)9-12-5-4-6-14(15)7-12/h4-7,10,16H,3,8-9H2,1-2H3. The molecule has 0 unspecified atom stereocenters. The third-order valence-corrected chi connectivity index (χ3v) is 2.85. The predicted octanol–water partition coefficient (Wildman–Crippen LogP) is 2.49. The van der Waals surface area contributed by atoms with Gasteiger partial charge in [0.2, 0.25) is 0 Å². The number of hydrogen-bond donors (Lipinski definition) is 1. The highest BCUT2D eigenvalue weighted by atomic mass is 19.1. The Morgan fingerprint density at radius 3 is 2.94 bits per heavy atom. The summed E-state index contributed by atoms with van der Waals surface area (Å²) in [5.74, 6) is -0.204. The number of hydrogen-bond acceptors (Lipinski definition) is 2. The SMILES string of the molecule is CCNCc1cn(Cc2cccc(F)c2)nc1C. The van der Waals surface area contributed by atoms with Crippen molar-refractivity contribution in [2.75, 3.05) is 6.54 Å². The highest BCUT2D eigenvalue weighted by molar-refractivity contribution is 5.19. The fourth-order valence-corrected chi connectivity index (χ4v) is 1.90. The number of halogens is 1. The molecule has 0 fully saturated rings. The van der Waals surface area contributed by atoms with Crippen molar-refractivity contribution in [3.05, 3.63) is 53.1 Å². The van der Waals surface area contributed by atoms with E-state index in [1.807, 2.05) is 23.9 Å². The summed E-state index contributed by atoms with van der Waals surface area (Å²) in [6.07, 6.45) is 2.02. The molecule has 0 aliphatic heterocycles. The topological polar surface area (TPSA) is 29.9 Å². The molecule has 0 amide bonds. The Morgan fingerprint density at radius 1 is 1.39 bits per heavy atom. The van der Waals surface area contributed by atoms with Gasteiger partial charge < -0.3 is 5.32 Å². The lowest BCUT2D eigenvalue weighted by Crippen LogP contribution is -2.11. The number of rotatable bonds is 5. The Hall–Kier alpha value is -1.68. The van der Waals surface area contributed by atoms with Gasteiger partial charge in [-0.25, -0.2) is 4.39 Å². The van der Waals surface area contributed by atoms with E-state index in [4.69, 9.17) is 0 Å². The minimum absolute atomic E-state index is 0.204. The lowest BCUT2D eigenvalue weighted by Gasteiger charge is -2.01. The van der Waals surface area contributed by atoms with Gasteiger partial charge in [0.1, 0.15) is 5.82 Å². The highest BCUT2D eigenvalue weighted by Crippen LogP contribution is 2.09. The molecule has 2 aromatic rings. The molecule has 1 N–H and O–H groups in total. The lowest BCUT2D eigenvalue weighted by atomic mass is 10.2. The molecule has 0 aliphatic carbocycles. The summed E-state index contributed by atoms with van der Waals surface area (Å²) >= 11 is 0. The third-order valence-electron chi connectivity index (χ3n) is 2.85. The van der Waals surface area contributed by atoms with Crippen LogP contribution in [0.5, 0.6) is 0 Å². The van der Waals surface area contributed by atoms with Gasteiger partial charge in [0.15, 0.2) is 0 Å². The first-order valence-corrected chi connectivity index (χ1v) is 6.17. The van der Waals surface area contributed by atoms with Crippen LogP contribution in [-0.2, 0) is 13.1 Å². The second kappa shape index (κ2) is 5.78. The molecule has 2 rings (SSSR count). The molecule has 4 heteroatoms. The van der Waals surface area contributed by atoms with Crippen molar-refractivity contribution in [1.82, 2.24) is 15.1 Å². The Labute approximate surface area is 107 Å². The van der Waals surface area contributed by atoms with Gasteiger partial charge in [0.05, 0.1) is 12.2 Å². The van der Waals surface area contributed by atoms with Crippen LogP contribution in [0.4, 0.5) is 4.39 Å². The maximum Gasteiger partial charge on any atom is 0.123 e. The van der Waals surface area contributed by atoms with Gasteiger partial charge in [-0.3, -0.25) is 4.68 Å². The Balaban J connectivity index is 2.10. The van der Waals surface area contributed by atoms with E-state index in [0.29, 0.717) is 6.54 Å². The largest absolute Gasteiger partial charge is 0.313 e. The normalized spacial score (nSPS) is 10.8. The van der Waals surface area contributed by atoms with Gasteiger partial charge in [-0.1, -0.05) is 19.1 Å². The van der Waals surface area contributed by atoms with Gasteiger partial charge in [-0.05, 0) is 31.2 Å². The maximum absolute atomic E-state index is 13.1. The Bertz CT molecular complexity index is 520. The van der Waals surface area contributed by atoms with Gasteiger partial charge in [0.25, 0.3) is 0 Å². The van der Waals surface area contributed by atoms with Crippen molar-refractivity contribution >= 4 is 0 Å². The van der Waals surface area contributed by atoms with E-state index in [-0.39, 0.29) is 5.82 Å². The van der Waals surface area contributed by atoms with Crippen LogP contribution in [0.3, 0.4) is 0 Å². The van der Waals surface area contributed by atoms with E-state index in [1.54, 1.807) is 12.1 Å². The molecule has 3 nitrogen and oxygen atoms in total. The van der Waals surface area contributed by atoms with Crippen molar-refractivity contribution in [3.8, 4) is 0 Å². The molecular formula is C14H18FN3. The molecule has 0 aliphatic rings. The minimum Gasteiger partial charge on any atom is -0.313 e. The summed E-state index contributed by atoms with van der Waals surface area (Å²) in [6, 6.07) is 6.63. The van der Waals surface area contributed by atoms with Crippen LogP contribution < -0.4 is 5.32 Å². The second-order valence-corrected chi connectivity index (χ2v) is 4.35. The Kier molecular flexibility index (Phi) is 4.10. The van der Waals surface area contributed by atoms with E-state index < -0.39 is 0 Å². The summed E-state index contributed by atoms with van der Waals surface area (Å²) in [5, 5.41) is 7.72. The molecule has 0 radical (unpaired) electrons. The highest BCUT2D eigenvalue weighted by Gasteiger charge is 2.05. The molecule has 18 heavy (non-hydrogen) atoms. The molecule has 0 spiro atoms. The van der Waals surface area contributed by atoms with Crippen LogP contribution in [0.25, 0.3) is 0 Å². The zero-order valence-electron chi connectivity index (χ0n) is 10.8. The third kappa shape index (κ3) is 3.17. The van der Waals surface area contributed by atoms with Crippen LogP contribution in [0.15, 0.2) is 30.5 Å². The van der Waals surface area contributed by atoms with E-state index >= 15 is 0 Å². The fourth-order valence-electron chi connectivity index (χ4n) is 1.90. The van der Waals surface area contributed by atoms with Crippen molar-refractivity contribution < 1.29 is 4.39 Å². The quantitative estimate of drug-likeness (QED) is 0.879. The summed E-state index contributed by atoms with van der Waals surface area (Å²) < 4.78 is 14.9. The van der Waals surface area contributed by atoms with Crippen molar-refractivity contribution in [1.29, 1.82) is 0 Å². The summed E-state index contributed by atoms with van der Waals surface area (Å²) in [6.45, 7) is 6.44. The molecule has 1 aromatic carbocycles. The zero-order chi connectivity index (χ0) is 13.0. The van der Waals surface area contributed by atoms with Crippen LogP contribution in [0, 0.1) is 12.7 Å². The van der Waals surface area contributed by atoms with Crippen molar-refractivity contribution in [2.24, 2.45) is 0 Å². The maximum atomic E-state index is 13.1. The molecule has 0 saturated heterocycles. The molecule has 0 bridgehead atoms. The second-order valence-electron chi connectivity index (χ2n) is 4.35. The van der Waals surface area contributed by atoms with Gasteiger partial charge >= 0.3 is 0 Å². The first-order valence-electron chi connectivity index (χ1n) is 6.17. The van der Waals surface area contributed by atoms with Crippen LogP contribution in [0.2, 0.25) is 0 Å². The molecule has 1 heterocycles. The Morgan fingerprint density at radius 2 is 2.22 bits per heavy atom. The van der Waals surface area contributed by atoms with Gasteiger partial charge in [0, 0.05) is 18.3 Å². The summed E-state index contributed by atoms with van der Waals surface area (Å²) in [7, 11) is 0. The predicted molar refractivity (Wildman–Crippen MR) is 69.8 cm³/mol. The van der Waals surface area contributed by atoms with Crippen molar-refractivity contribution in [2.45, 2.75) is 26.9 Å². The van der Waals surface area contributed by atoms with Crippen LogP contribution in [0.1, 0.15) is 23.7 Å². The first kappa shape index (κ1) is 12.8. The van der Waals surface area contributed by atoms with Crippen molar-refractivity contribution in [3.63, 3.8) is 0 Å². The summed E-state index contributed by atoms with van der Waals surface area (Å²) in [5.41, 5.74) is 3.13. The number of aryl methyl sites for hydroxylation is 1. The number of benzene rings is 1. The number of nitrogens with zero attached hydrogens (tertiary/aromatic N) is 2. The molecule has 0 saturated carbocycles. The average Bonchev–Trinajstić information content (AvgIpc) is 2.67. The fraction of sp³-hybridized carbons (Fsp3) is 0.357. The van der Waals surface area contributed by atoms with Gasteiger partial charge in [-0.15, -0.1) is 0 Å². The minimum atomic E-state index is -0.204. The van der Waals surface area contributed by atoms with Crippen LogP contribution >= 0.6 is 0 Å².